The summed E-state index contributed by atoms with van der Waals surface area (Å²) in [6.45, 7) is 4.57. The molecule has 0 saturated heterocycles. The van der Waals surface area contributed by atoms with E-state index in [0.717, 1.165) is 128 Å². The molecular formula is C129H75N9OS4. The molecule has 11 aromatic heterocycles. The normalized spacial score (nSPS) is 12.7. The molecule has 0 bridgehead atoms. The van der Waals surface area contributed by atoms with Gasteiger partial charge in [0.2, 0.25) is 5.71 Å². The number of hydrogen-bond acceptors (Lipinski definition) is 11. The minimum atomic E-state index is -0.298. The molecule has 33 rings (SSSR count). The molecular weight excluding hydrogens is 1820 g/mol. The molecule has 0 aliphatic heterocycles. The zero-order valence-corrected chi connectivity index (χ0v) is 80.2. The third kappa shape index (κ3) is 12.1. The van der Waals surface area contributed by atoms with Gasteiger partial charge in [-0.25, -0.2) is 24.9 Å². The van der Waals surface area contributed by atoms with Gasteiger partial charge in [0.05, 0.1) is 44.5 Å². The van der Waals surface area contributed by atoms with Crippen molar-refractivity contribution in [2.75, 3.05) is 0 Å². The summed E-state index contributed by atoms with van der Waals surface area (Å²) in [5.41, 5.74) is 19.7. The highest BCUT2D eigenvalue weighted by molar-refractivity contribution is 7.27. The van der Waals surface area contributed by atoms with E-state index in [-0.39, 0.29) is 5.41 Å². The third-order valence-electron chi connectivity index (χ3n) is 29.9. The number of thiophene rings is 4. The van der Waals surface area contributed by atoms with E-state index < -0.39 is 0 Å². The molecule has 0 saturated carbocycles. The van der Waals surface area contributed by atoms with E-state index in [4.69, 9.17) is 34.3 Å². The van der Waals surface area contributed by atoms with Gasteiger partial charge in [0, 0.05) is 147 Å². The van der Waals surface area contributed by atoms with Crippen LogP contribution >= 0.6 is 45.3 Å². The molecule has 0 unspecified atom stereocenters. The van der Waals surface area contributed by atoms with Crippen LogP contribution in [-0.4, -0.2) is 43.6 Å². The van der Waals surface area contributed by atoms with Gasteiger partial charge >= 0.3 is 0 Å². The number of nitrogens with zero attached hydrogens (tertiary/aromatic N) is 9. The molecule has 14 heteroatoms. The fraction of sp³-hybridized carbons (Fsp3) is 0.0233. The van der Waals surface area contributed by atoms with Crippen LogP contribution in [0, 0.1) is 0 Å². The lowest BCUT2D eigenvalue weighted by molar-refractivity contribution is 0.633. The standard InChI is InChI=1S/C45H29N3S.C42H23N3OS.C42H23N3S2/c1-45(2)36-17-9-7-16-33(36)41-43(45)47-44(40(46-41)29-20-22-39-35(24-29)31-15-8-10-18-38(31)49-39)48-37-25-28-13-4-3-12-27(28)23-34(37)32-21-19-26-11-5-6-14-30(26)42(32)48;1-2-11-26-23-34-32(21-25(26)10-1)30-19-17-24-9-3-4-12-28(24)40(30)45(34)41-38(43-39-31-14-5-7-15-35(31)46-42(39)44-41)27-18-20-37-33(22-27)29-13-6-8-16-36(29)47-37;1-2-11-26-23-34-32(21-25(26)10-1)38-28-12-4-3-9-24(28)17-19-33(38)45(34)41-39(43-40-30-14-6-8-16-36(30)47-42(40)44-41)27-18-20-37-31(22-27)29-13-5-7-15-35(29)46-37/h3-25H,1-2H3;2*1-23H. The lowest BCUT2D eigenvalue weighted by Crippen LogP contribution is -2.18. The molecule has 1 aliphatic carbocycles. The van der Waals surface area contributed by atoms with Crippen molar-refractivity contribution in [1.29, 1.82) is 0 Å². The Morgan fingerprint density at radius 1 is 0.231 bits per heavy atom. The van der Waals surface area contributed by atoms with E-state index in [9.17, 15) is 0 Å². The molecule has 10 nitrogen and oxygen atoms in total. The van der Waals surface area contributed by atoms with Gasteiger partial charge in [-0.05, 0) is 175 Å². The van der Waals surface area contributed by atoms with Crippen LogP contribution in [0.5, 0.6) is 0 Å². The van der Waals surface area contributed by atoms with E-state index in [1.165, 1.54) is 173 Å². The van der Waals surface area contributed by atoms with Crippen LogP contribution in [0.25, 0.3) is 296 Å². The first-order valence-electron chi connectivity index (χ1n) is 48.3. The van der Waals surface area contributed by atoms with Gasteiger partial charge < -0.3 is 4.42 Å². The fourth-order valence-electron chi connectivity index (χ4n) is 23.2. The van der Waals surface area contributed by atoms with Crippen LogP contribution in [0.1, 0.15) is 25.1 Å². The lowest BCUT2D eigenvalue weighted by atomic mass is 9.85. The first-order chi connectivity index (χ1) is 70.6. The highest BCUT2D eigenvalue weighted by atomic mass is 32.1. The lowest BCUT2D eigenvalue weighted by Gasteiger charge is -2.22. The van der Waals surface area contributed by atoms with Gasteiger partial charge in [0.15, 0.2) is 17.5 Å². The van der Waals surface area contributed by atoms with Gasteiger partial charge in [0.1, 0.15) is 38.5 Å². The zero-order valence-electron chi connectivity index (χ0n) is 76.9. The van der Waals surface area contributed by atoms with E-state index in [2.05, 4.69) is 428 Å². The van der Waals surface area contributed by atoms with Crippen LogP contribution in [0.15, 0.2) is 423 Å². The van der Waals surface area contributed by atoms with Gasteiger partial charge in [-0.3, -0.25) is 13.7 Å². The Morgan fingerprint density at radius 3 is 1.13 bits per heavy atom. The van der Waals surface area contributed by atoms with Crippen molar-refractivity contribution in [1.82, 2.24) is 43.6 Å². The zero-order chi connectivity index (χ0) is 93.7. The second-order valence-electron chi connectivity index (χ2n) is 38.2. The van der Waals surface area contributed by atoms with Crippen molar-refractivity contribution in [3.8, 4) is 62.5 Å². The predicted molar refractivity (Wildman–Crippen MR) is 607 cm³/mol. The van der Waals surface area contributed by atoms with Crippen LogP contribution in [0.3, 0.4) is 0 Å². The second kappa shape index (κ2) is 30.8. The minimum absolute atomic E-state index is 0.298. The monoisotopic (exact) mass is 1890 g/mol. The number of hydrogen-bond donors (Lipinski definition) is 0. The summed E-state index contributed by atoms with van der Waals surface area (Å²) in [7, 11) is 0. The molecule has 0 atom stereocenters. The topological polar surface area (TPSA) is 105 Å². The first-order valence-corrected chi connectivity index (χ1v) is 51.6. The van der Waals surface area contributed by atoms with E-state index in [1.54, 1.807) is 11.3 Å². The number of aromatic nitrogens is 9. The Bertz CT molecular complexity index is 11200. The Kier molecular flexibility index (Phi) is 17.3. The average Bonchev–Trinajstić information content (AvgIpc) is 1.56. The van der Waals surface area contributed by atoms with Gasteiger partial charge in [-0.1, -0.05) is 317 Å². The third-order valence-corrected chi connectivity index (χ3v) is 34.4. The largest absolute Gasteiger partial charge is 0.436 e. The Hall–Kier alpha value is -17.5. The van der Waals surface area contributed by atoms with E-state index in [1.807, 2.05) is 52.2 Å². The predicted octanol–water partition coefficient (Wildman–Crippen LogP) is 36.3. The molecule has 0 amide bonds. The summed E-state index contributed by atoms with van der Waals surface area (Å²) < 4.78 is 22.4. The molecule has 0 fully saturated rings. The Balaban J connectivity index is 0.0000000981. The van der Waals surface area contributed by atoms with Crippen LogP contribution in [0.2, 0.25) is 0 Å². The maximum Gasteiger partial charge on any atom is 0.248 e. The summed E-state index contributed by atoms with van der Waals surface area (Å²) in [4.78, 5) is 34.3. The van der Waals surface area contributed by atoms with Gasteiger partial charge in [-0.15, -0.1) is 45.3 Å². The summed E-state index contributed by atoms with van der Waals surface area (Å²) in [6, 6.07) is 151. The van der Waals surface area contributed by atoms with Gasteiger partial charge in [0.25, 0.3) is 0 Å². The maximum absolute atomic E-state index is 6.39. The molecule has 0 radical (unpaired) electrons. The van der Waals surface area contributed by atoms with Crippen molar-refractivity contribution in [2.24, 2.45) is 0 Å². The smallest absolute Gasteiger partial charge is 0.248 e. The summed E-state index contributed by atoms with van der Waals surface area (Å²) in [5, 5.41) is 31.4. The number of benzene rings is 21. The Morgan fingerprint density at radius 2 is 0.608 bits per heavy atom. The second-order valence-corrected chi connectivity index (χ2v) is 42.5. The van der Waals surface area contributed by atoms with Crippen molar-refractivity contribution in [3.05, 3.63) is 430 Å². The molecule has 666 valence electrons. The average molecular weight is 1900 g/mol. The summed E-state index contributed by atoms with van der Waals surface area (Å²) in [5.74, 6) is 2.47. The van der Waals surface area contributed by atoms with Crippen molar-refractivity contribution >= 4 is 279 Å². The molecule has 143 heavy (non-hydrogen) atoms. The first kappa shape index (κ1) is 80.4. The van der Waals surface area contributed by atoms with Crippen LogP contribution in [0.4, 0.5) is 0 Å². The van der Waals surface area contributed by atoms with Crippen molar-refractivity contribution < 1.29 is 4.42 Å². The van der Waals surface area contributed by atoms with Gasteiger partial charge in [-0.2, -0.15) is 4.98 Å². The van der Waals surface area contributed by atoms with Crippen molar-refractivity contribution in [3.63, 3.8) is 0 Å². The highest BCUT2D eigenvalue weighted by Gasteiger charge is 2.40. The molecule has 0 N–H and O–H groups in total. The van der Waals surface area contributed by atoms with Crippen molar-refractivity contribution in [2.45, 2.75) is 19.3 Å². The number of furan rings is 1. The number of rotatable bonds is 6. The number of fused-ring (bicyclic) bond motifs is 36. The quantitative estimate of drug-likeness (QED) is 0.163. The van der Waals surface area contributed by atoms with Crippen LogP contribution < -0.4 is 0 Å². The fourth-order valence-corrected chi connectivity index (χ4v) is 27.4. The molecule has 21 aromatic carbocycles. The van der Waals surface area contributed by atoms with Crippen LogP contribution in [-0.2, 0) is 5.41 Å². The number of para-hydroxylation sites is 1. The molecule has 32 aromatic rings. The van der Waals surface area contributed by atoms with E-state index >= 15 is 0 Å². The highest BCUT2D eigenvalue weighted by Crippen LogP contribution is 2.53. The Labute approximate surface area is 831 Å². The SMILES string of the molecule is CC1(C)c2ccccc2-c2nc(-c3ccc4sc5ccccc5c4c3)c(-n3c4cc5ccccc5cc4c4ccc5ccccc5c43)nc21.c1ccc2cc3c(cc2c1)c1c2ccccc2ccc1n3-c1nc2sc3ccccc3c2nc1-c1ccc2sc3ccccc3c2c1.c1ccc2cc3c(cc2c1)c1ccc2ccccc2c1n3-c1nc2oc3ccccc3c2nc1-c1ccc2sc3ccccc3c2c1. The maximum atomic E-state index is 6.39. The molecule has 11 heterocycles. The summed E-state index contributed by atoms with van der Waals surface area (Å²) >= 11 is 7.22. The minimum Gasteiger partial charge on any atom is -0.436 e. The molecule has 0 spiro atoms. The van der Waals surface area contributed by atoms with E-state index in [0.29, 0.717) is 5.71 Å². The molecule has 1 aliphatic rings. The summed E-state index contributed by atoms with van der Waals surface area (Å²) in [6.07, 6.45) is 0.